The zero-order valence-electron chi connectivity index (χ0n) is 16.6. The molecular weight excluding hydrogens is 405 g/mol. The second-order valence-electron chi connectivity index (χ2n) is 6.46. The van der Waals surface area contributed by atoms with Gasteiger partial charge in [-0.25, -0.2) is 4.39 Å². The summed E-state index contributed by atoms with van der Waals surface area (Å²) in [6.07, 6.45) is 0. The molecule has 7 nitrogen and oxygen atoms in total. The van der Waals surface area contributed by atoms with E-state index < -0.39 is 17.8 Å². The topological polar surface area (TPSA) is 88.9 Å². The smallest absolute Gasteiger partial charge is 0.254 e. The summed E-state index contributed by atoms with van der Waals surface area (Å²) in [7, 11) is 0. The molecule has 1 aromatic heterocycles. The molecule has 0 aliphatic heterocycles. The second kappa shape index (κ2) is 10.0. The Morgan fingerprint density at radius 1 is 1.10 bits per heavy atom. The first-order chi connectivity index (χ1) is 14.5. The summed E-state index contributed by atoms with van der Waals surface area (Å²) in [6.45, 7) is 4.24. The SMILES string of the molecule is CCn1c(SCC(=O)Nc2ccccc2)nnc1[C@@H](C)NC(=O)c1ccccc1F. The summed E-state index contributed by atoms with van der Waals surface area (Å²) in [5.74, 6) is -0.557. The van der Waals surface area contributed by atoms with E-state index in [0.29, 0.717) is 17.5 Å². The van der Waals surface area contributed by atoms with Crippen molar-refractivity contribution in [2.24, 2.45) is 0 Å². The molecular formula is C21H22FN5O2S. The Hall–Kier alpha value is -3.20. The number of thioether (sulfide) groups is 1. The van der Waals surface area contributed by atoms with Crippen LogP contribution in [-0.4, -0.2) is 32.3 Å². The molecule has 2 N–H and O–H groups in total. The van der Waals surface area contributed by atoms with Gasteiger partial charge in [-0.3, -0.25) is 9.59 Å². The maximum absolute atomic E-state index is 13.8. The van der Waals surface area contributed by atoms with Crippen molar-refractivity contribution in [3.05, 3.63) is 71.8 Å². The summed E-state index contributed by atoms with van der Waals surface area (Å²) >= 11 is 1.26. The van der Waals surface area contributed by atoms with Crippen LogP contribution in [0.2, 0.25) is 0 Å². The molecule has 0 spiro atoms. The van der Waals surface area contributed by atoms with Crippen LogP contribution in [0.25, 0.3) is 0 Å². The van der Waals surface area contributed by atoms with E-state index >= 15 is 0 Å². The quantitative estimate of drug-likeness (QED) is 0.536. The zero-order valence-corrected chi connectivity index (χ0v) is 17.4. The molecule has 0 aliphatic carbocycles. The van der Waals surface area contributed by atoms with Gasteiger partial charge in [0.15, 0.2) is 11.0 Å². The van der Waals surface area contributed by atoms with Crippen molar-refractivity contribution in [3.63, 3.8) is 0 Å². The Bertz CT molecular complexity index is 1030. The van der Waals surface area contributed by atoms with Crippen molar-refractivity contribution in [3.8, 4) is 0 Å². The van der Waals surface area contributed by atoms with Crippen LogP contribution in [0.3, 0.4) is 0 Å². The summed E-state index contributed by atoms with van der Waals surface area (Å²) in [5, 5.41) is 14.5. The van der Waals surface area contributed by atoms with Crippen molar-refractivity contribution < 1.29 is 14.0 Å². The minimum Gasteiger partial charge on any atom is -0.342 e. The van der Waals surface area contributed by atoms with E-state index in [2.05, 4.69) is 20.8 Å². The second-order valence-corrected chi connectivity index (χ2v) is 7.41. The van der Waals surface area contributed by atoms with Crippen molar-refractivity contribution in [1.29, 1.82) is 0 Å². The number of aromatic nitrogens is 3. The van der Waals surface area contributed by atoms with E-state index in [1.165, 1.54) is 30.0 Å². The molecule has 3 rings (SSSR count). The zero-order chi connectivity index (χ0) is 21.5. The average Bonchev–Trinajstić information content (AvgIpc) is 3.16. The number of benzene rings is 2. The first-order valence-corrected chi connectivity index (χ1v) is 10.4. The fourth-order valence-corrected chi connectivity index (χ4v) is 3.67. The molecule has 3 aromatic rings. The lowest BCUT2D eigenvalue weighted by atomic mass is 10.2. The van der Waals surface area contributed by atoms with E-state index in [1.807, 2.05) is 41.8 Å². The fourth-order valence-electron chi connectivity index (χ4n) is 2.86. The van der Waals surface area contributed by atoms with E-state index in [9.17, 15) is 14.0 Å². The van der Waals surface area contributed by atoms with Crippen molar-refractivity contribution >= 4 is 29.3 Å². The predicted molar refractivity (Wildman–Crippen MR) is 114 cm³/mol. The molecule has 2 amide bonds. The molecule has 0 radical (unpaired) electrons. The largest absolute Gasteiger partial charge is 0.342 e. The van der Waals surface area contributed by atoms with Crippen LogP contribution in [0.1, 0.15) is 36.1 Å². The number of para-hydroxylation sites is 1. The van der Waals surface area contributed by atoms with E-state index in [0.717, 1.165) is 5.69 Å². The Balaban J connectivity index is 1.64. The van der Waals surface area contributed by atoms with Gasteiger partial charge < -0.3 is 15.2 Å². The van der Waals surface area contributed by atoms with Gasteiger partial charge in [-0.1, -0.05) is 42.1 Å². The molecule has 0 aliphatic rings. The van der Waals surface area contributed by atoms with Crippen LogP contribution in [-0.2, 0) is 11.3 Å². The van der Waals surface area contributed by atoms with Crippen molar-refractivity contribution in [2.75, 3.05) is 11.1 Å². The molecule has 30 heavy (non-hydrogen) atoms. The third-order valence-corrected chi connectivity index (χ3v) is 5.27. The van der Waals surface area contributed by atoms with Gasteiger partial charge in [0.1, 0.15) is 5.82 Å². The van der Waals surface area contributed by atoms with Gasteiger partial charge in [0, 0.05) is 12.2 Å². The first-order valence-electron chi connectivity index (χ1n) is 9.45. The highest BCUT2D eigenvalue weighted by molar-refractivity contribution is 7.99. The number of nitrogens with one attached hydrogen (secondary N) is 2. The Kier molecular flexibility index (Phi) is 7.18. The van der Waals surface area contributed by atoms with E-state index in [4.69, 9.17) is 0 Å². The highest BCUT2D eigenvalue weighted by atomic mass is 32.2. The van der Waals surface area contributed by atoms with E-state index in [-0.39, 0.29) is 17.2 Å². The number of anilines is 1. The van der Waals surface area contributed by atoms with Crippen molar-refractivity contribution in [1.82, 2.24) is 20.1 Å². The summed E-state index contributed by atoms with van der Waals surface area (Å²) < 4.78 is 15.7. The summed E-state index contributed by atoms with van der Waals surface area (Å²) in [4.78, 5) is 24.6. The van der Waals surface area contributed by atoms with Gasteiger partial charge in [0.25, 0.3) is 5.91 Å². The third-order valence-electron chi connectivity index (χ3n) is 4.30. The predicted octanol–water partition coefficient (Wildman–Crippen LogP) is 3.66. The summed E-state index contributed by atoms with van der Waals surface area (Å²) in [6, 6.07) is 14.5. The standard InChI is InChI=1S/C21H22FN5O2S/c1-3-27-19(14(2)23-20(29)16-11-7-8-12-17(16)22)25-26-21(27)30-13-18(28)24-15-9-5-4-6-10-15/h4-12,14H,3,13H2,1-2H3,(H,23,29)(H,24,28)/t14-/m1/s1. The molecule has 0 fully saturated rings. The van der Waals surface area contributed by atoms with Gasteiger partial charge in [-0.05, 0) is 38.1 Å². The van der Waals surface area contributed by atoms with Crippen LogP contribution in [0, 0.1) is 5.82 Å². The van der Waals surface area contributed by atoms with Gasteiger partial charge in [-0.2, -0.15) is 0 Å². The van der Waals surface area contributed by atoms with Gasteiger partial charge in [-0.15, -0.1) is 10.2 Å². The molecule has 1 heterocycles. The van der Waals surface area contributed by atoms with Crippen LogP contribution in [0.15, 0.2) is 59.8 Å². The number of hydrogen-bond acceptors (Lipinski definition) is 5. The van der Waals surface area contributed by atoms with Crippen LogP contribution in [0.4, 0.5) is 10.1 Å². The highest BCUT2D eigenvalue weighted by Crippen LogP contribution is 2.21. The molecule has 0 unspecified atom stereocenters. The Labute approximate surface area is 178 Å². The maximum Gasteiger partial charge on any atom is 0.254 e. The molecule has 9 heteroatoms. The lowest BCUT2D eigenvalue weighted by Gasteiger charge is -2.15. The fraction of sp³-hybridized carbons (Fsp3) is 0.238. The monoisotopic (exact) mass is 427 g/mol. The molecule has 0 saturated heterocycles. The number of amides is 2. The van der Waals surface area contributed by atoms with Gasteiger partial charge in [0.2, 0.25) is 5.91 Å². The third kappa shape index (κ3) is 5.24. The van der Waals surface area contributed by atoms with Gasteiger partial charge >= 0.3 is 0 Å². The molecule has 0 bridgehead atoms. The normalized spacial score (nSPS) is 11.7. The number of carbonyl (C=O) groups is 2. The average molecular weight is 428 g/mol. The summed E-state index contributed by atoms with van der Waals surface area (Å²) in [5.41, 5.74) is 0.698. The molecule has 0 saturated carbocycles. The molecule has 1 atom stereocenters. The van der Waals surface area contributed by atoms with Gasteiger partial charge in [0.05, 0.1) is 17.4 Å². The number of carbonyl (C=O) groups excluding carboxylic acids is 2. The lowest BCUT2D eigenvalue weighted by molar-refractivity contribution is -0.113. The minimum absolute atomic E-state index is 0.0286. The maximum atomic E-state index is 13.8. The number of rotatable bonds is 8. The Morgan fingerprint density at radius 3 is 2.50 bits per heavy atom. The van der Waals surface area contributed by atoms with Crippen LogP contribution < -0.4 is 10.6 Å². The molecule has 156 valence electrons. The van der Waals surface area contributed by atoms with Crippen LogP contribution >= 0.6 is 11.8 Å². The lowest BCUT2D eigenvalue weighted by Crippen LogP contribution is -2.29. The first kappa shape index (κ1) is 21.5. The number of halogens is 1. The molecule has 2 aromatic carbocycles. The van der Waals surface area contributed by atoms with Crippen LogP contribution in [0.5, 0.6) is 0 Å². The van der Waals surface area contributed by atoms with E-state index in [1.54, 1.807) is 13.0 Å². The minimum atomic E-state index is -0.583. The number of hydrogen-bond donors (Lipinski definition) is 2. The number of nitrogens with zero attached hydrogens (tertiary/aromatic N) is 3. The Morgan fingerprint density at radius 2 is 1.80 bits per heavy atom. The van der Waals surface area contributed by atoms with Crippen molar-refractivity contribution in [2.45, 2.75) is 31.6 Å². The highest BCUT2D eigenvalue weighted by Gasteiger charge is 2.21.